The first-order valence-electron chi connectivity index (χ1n) is 28.3. The Labute approximate surface area is 441 Å². The largest absolute Gasteiger partial charge is 0.207 e. The molecule has 2 aliphatic rings. The molecule has 0 amide bonds. The van der Waals surface area contributed by atoms with Crippen LogP contribution in [0.1, 0.15) is 294 Å². The lowest BCUT2D eigenvalue weighted by Gasteiger charge is -2.31. The minimum absolute atomic E-state index is 0.0613. The molecule has 0 saturated heterocycles. The smallest absolute Gasteiger partial charge is 0.127 e. The zero-order chi connectivity index (χ0) is 54.7. The maximum absolute atomic E-state index is 13.3. The van der Waals surface area contributed by atoms with Gasteiger partial charge in [-0.3, -0.25) is 0 Å². The number of benzene rings is 2. The van der Waals surface area contributed by atoms with E-state index in [0.29, 0.717) is 54.9 Å². The molecule has 2 aromatic carbocycles. The topological polar surface area (TPSA) is 0 Å². The molecule has 0 atom stereocenters. The highest BCUT2D eigenvalue weighted by molar-refractivity contribution is 6.31. The molecule has 0 spiro atoms. The lowest BCUT2D eigenvalue weighted by molar-refractivity contribution is 0.207. The van der Waals surface area contributed by atoms with Gasteiger partial charge in [0.15, 0.2) is 0 Å². The van der Waals surface area contributed by atoms with Crippen molar-refractivity contribution in [2.24, 2.45) is 61.1 Å². The average Bonchev–Trinajstić information content (AvgIpc) is 3.96. The van der Waals surface area contributed by atoms with Crippen LogP contribution < -0.4 is 0 Å². The summed E-state index contributed by atoms with van der Waals surface area (Å²) in [4.78, 5) is 0. The molecule has 0 aliphatic heterocycles. The third-order valence-corrected chi connectivity index (χ3v) is 12.2. The molecule has 0 N–H and O–H groups in total. The van der Waals surface area contributed by atoms with Crippen LogP contribution >= 0.6 is 11.6 Å². The second-order valence-electron chi connectivity index (χ2n) is 31.5. The molecule has 2 aromatic rings. The summed E-state index contributed by atoms with van der Waals surface area (Å²) < 4.78 is 13.3. The lowest BCUT2D eigenvalue weighted by Crippen LogP contribution is -2.18. The Balaban J connectivity index is -0.000000741. The van der Waals surface area contributed by atoms with Crippen LogP contribution in [0.15, 0.2) is 48.5 Å². The number of rotatable bonds is 10. The van der Waals surface area contributed by atoms with E-state index in [2.05, 4.69) is 217 Å². The first kappa shape index (κ1) is 71.9. The van der Waals surface area contributed by atoms with Gasteiger partial charge in [-0.15, -0.1) is 0 Å². The zero-order valence-electron chi connectivity index (χ0n) is 52.1. The van der Waals surface area contributed by atoms with Crippen molar-refractivity contribution in [2.75, 3.05) is 0 Å². The summed E-state index contributed by atoms with van der Waals surface area (Å²) in [5, 5.41) is 0.523. The van der Waals surface area contributed by atoms with E-state index in [-0.39, 0.29) is 11.2 Å². The Hall–Kier alpha value is -1.34. The minimum Gasteiger partial charge on any atom is -0.207 e. The van der Waals surface area contributed by atoms with Crippen molar-refractivity contribution in [3.63, 3.8) is 0 Å². The Bertz CT molecular complexity index is 1450. The molecule has 2 fully saturated rings. The molecule has 2 aliphatic carbocycles. The van der Waals surface area contributed by atoms with Crippen molar-refractivity contribution < 1.29 is 4.39 Å². The van der Waals surface area contributed by atoms with Gasteiger partial charge in [-0.2, -0.15) is 0 Å². The molecule has 408 valence electrons. The van der Waals surface area contributed by atoms with Gasteiger partial charge in [-0.1, -0.05) is 286 Å². The van der Waals surface area contributed by atoms with E-state index in [4.69, 9.17) is 11.6 Å². The SMILES string of the molecule is CC(C)(C)CC1CCC1.CC(C)(C)CCC(C)(C)C.CC(C)(C)CCC1CC1.CC(C)(C)Cc1c(F)cccc1Cl.CC(C)(C)Cc1ccccc1.CC(C)CCC(C)(C)C.CCCCC(C)(C)C. The van der Waals surface area contributed by atoms with Crippen molar-refractivity contribution in [2.45, 2.75) is 296 Å². The van der Waals surface area contributed by atoms with Crippen molar-refractivity contribution in [3.05, 3.63) is 70.5 Å². The molecule has 0 unspecified atom stereocenters. The summed E-state index contributed by atoms with van der Waals surface area (Å²) in [7, 11) is 0. The molecule has 0 heterocycles. The first-order valence-corrected chi connectivity index (χ1v) is 28.7. The molecule has 2 heteroatoms. The van der Waals surface area contributed by atoms with Crippen molar-refractivity contribution in [1.82, 2.24) is 0 Å². The first-order chi connectivity index (χ1) is 30.8. The maximum Gasteiger partial charge on any atom is 0.127 e. The van der Waals surface area contributed by atoms with Crippen LogP contribution in [-0.4, -0.2) is 0 Å². The van der Waals surface area contributed by atoms with Gasteiger partial charge in [-0.25, -0.2) is 4.39 Å². The van der Waals surface area contributed by atoms with Gasteiger partial charge in [0, 0.05) is 10.6 Å². The van der Waals surface area contributed by atoms with Crippen LogP contribution in [-0.2, 0) is 12.8 Å². The maximum atomic E-state index is 13.3. The predicted octanol–water partition coefficient (Wildman–Crippen LogP) is 24.3. The molecular weight excluding hydrogens is 859 g/mol. The van der Waals surface area contributed by atoms with Gasteiger partial charge in [0.2, 0.25) is 0 Å². The Kier molecular flexibility index (Phi) is 34.9. The van der Waals surface area contributed by atoms with Gasteiger partial charge < -0.3 is 0 Å². The second-order valence-corrected chi connectivity index (χ2v) is 32.0. The van der Waals surface area contributed by atoms with Gasteiger partial charge >= 0.3 is 0 Å². The molecule has 4 rings (SSSR count). The average molecular weight is 986 g/mol. The molecule has 69 heavy (non-hydrogen) atoms. The van der Waals surface area contributed by atoms with E-state index in [1.54, 1.807) is 12.1 Å². The monoisotopic (exact) mass is 985 g/mol. The molecule has 0 aromatic heterocycles. The second kappa shape index (κ2) is 33.5. The summed E-state index contributed by atoms with van der Waals surface area (Å²) in [6.45, 7) is 61.4. The fourth-order valence-electron chi connectivity index (χ4n) is 7.23. The lowest BCUT2D eigenvalue weighted by atomic mass is 9.74. The van der Waals surface area contributed by atoms with Crippen molar-refractivity contribution in [1.29, 1.82) is 0 Å². The van der Waals surface area contributed by atoms with Gasteiger partial charge in [0.1, 0.15) is 5.82 Å². The van der Waals surface area contributed by atoms with Crippen LogP contribution in [0.5, 0.6) is 0 Å². The molecule has 0 bridgehead atoms. The number of hydrogen-bond acceptors (Lipinski definition) is 0. The standard InChI is InChI=1S/C11H14ClF.C11H16.C10H22.2C9H18.C9H20.C8H18/c1-11(2,3)7-8-9(12)5-4-6-10(8)13;1-11(2,3)9-10-7-5-4-6-8-10;1-9(2,3)7-8-10(4,5)6;1-9(2,3)7-6-8-4-5-8;1-9(2,3)7-8-5-4-6-8;1-8(2)6-7-9(3,4)5;1-5-6-7-8(2,3)4/h4-6H,7H2,1-3H3;4-8H,9H2,1-3H3;7-8H2,1-6H3;2*8H,4-7H2,1-3H3;8H,6-7H2,1-5H3;5-7H2,1-4H3. The van der Waals surface area contributed by atoms with Gasteiger partial charge in [0.25, 0.3) is 0 Å². The summed E-state index contributed by atoms with van der Waals surface area (Å²) in [6, 6.07) is 15.4. The normalized spacial score (nSPS) is 14.6. The minimum atomic E-state index is -0.206. The summed E-state index contributed by atoms with van der Waals surface area (Å²) in [5.74, 6) is 2.85. The molecule has 0 nitrogen and oxygen atoms in total. The van der Waals surface area contributed by atoms with E-state index < -0.39 is 0 Å². The number of unbranched alkanes of at least 4 members (excludes halogenated alkanes) is 1. The van der Waals surface area contributed by atoms with Crippen LogP contribution in [0.2, 0.25) is 5.02 Å². The summed E-state index contributed by atoms with van der Waals surface area (Å²) in [6.07, 6.45) is 23.1. The highest BCUT2D eigenvalue weighted by Crippen LogP contribution is 2.38. The van der Waals surface area contributed by atoms with Crippen LogP contribution in [0.3, 0.4) is 0 Å². The van der Waals surface area contributed by atoms with Crippen LogP contribution in [0, 0.1) is 66.9 Å². The van der Waals surface area contributed by atoms with Crippen LogP contribution in [0.25, 0.3) is 0 Å². The fourth-order valence-corrected chi connectivity index (χ4v) is 7.46. The van der Waals surface area contributed by atoms with E-state index in [1.807, 2.05) is 0 Å². The third-order valence-electron chi connectivity index (χ3n) is 11.8. The quantitative estimate of drug-likeness (QED) is 0.223. The number of hydrogen-bond donors (Lipinski definition) is 0. The molecule has 2 saturated carbocycles. The summed E-state index contributed by atoms with van der Waals surface area (Å²) in [5.41, 5.74) is 5.76. The van der Waals surface area contributed by atoms with Gasteiger partial charge in [0.05, 0.1) is 0 Å². The fraction of sp³-hybridized carbons (Fsp3) is 0.821. The van der Waals surface area contributed by atoms with Crippen molar-refractivity contribution >= 4 is 11.6 Å². The van der Waals surface area contributed by atoms with Gasteiger partial charge in [-0.05, 0) is 137 Å². The third kappa shape index (κ3) is 59.1. The van der Waals surface area contributed by atoms with Crippen LogP contribution in [0.4, 0.5) is 4.39 Å². The predicted molar refractivity (Wildman–Crippen MR) is 318 cm³/mol. The Morgan fingerprint density at radius 1 is 0.478 bits per heavy atom. The zero-order valence-corrected chi connectivity index (χ0v) is 52.9. The highest BCUT2D eigenvalue weighted by Gasteiger charge is 2.24. The van der Waals surface area contributed by atoms with E-state index in [0.717, 1.165) is 24.2 Å². The molecule has 0 radical (unpaired) electrons. The van der Waals surface area contributed by atoms with E-state index in [9.17, 15) is 4.39 Å². The Morgan fingerprint density at radius 3 is 1.17 bits per heavy atom. The molecular formula is C67H126ClF. The highest BCUT2D eigenvalue weighted by atomic mass is 35.5. The van der Waals surface area contributed by atoms with Crippen molar-refractivity contribution in [3.8, 4) is 0 Å². The Morgan fingerprint density at radius 2 is 0.913 bits per heavy atom. The van der Waals surface area contributed by atoms with E-state index >= 15 is 0 Å². The van der Waals surface area contributed by atoms with E-state index in [1.165, 1.54) is 108 Å². The number of halogens is 2. The summed E-state index contributed by atoms with van der Waals surface area (Å²) >= 11 is 5.90.